The van der Waals surface area contributed by atoms with E-state index in [0.717, 1.165) is 29.7 Å². The van der Waals surface area contributed by atoms with Crippen LogP contribution in [0, 0.1) is 18.6 Å². The van der Waals surface area contributed by atoms with Gasteiger partial charge in [-0.3, -0.25) is 9.36 Å². The lowest BCUT2D eigenvalue weighted by Gasteiger charge is -2.24. The highest BCUT2D eigenvalue weighted by Crippen LogP contribution is 2.27. The number of nitrogens with zero attached hydrogens (tertiary/aromatic N) is 2. The van der Waals surface area contributed by atoms with Crippen molar-refractivity contribution >= 4 is 0 Å². The molecular weight excluding hydrogens is 358 g/mol. The van der Waals surface area contributed by atoms with E-state index in [9.17, 15) is 13.6 Å². The van der Waals surface area contributed by atoms with Crippen LogP contribution in [-0.2, 0) is 12.8 Å². The Morgan fingerprint density at radius 3 is 1.86 bits per heavy atom. The van der Waals surface area contributed by atoms with Crippen molar-refractivity contribution in [2.45, 2.75) is 46.1 Å². The number of halogens is 2. The molecule has 146 valence electrons. The summed E-state index contributed by atoms with van der Waals surface area (Å²) in [4.78, 5) is 18.1. The molecule has 1 heterocycles. The molecule has 0 fully saturated rings. The normalized spacial score (nSPS) is 11.2. The first-order chi connectivity index (χ1) is 13.5. The summed E-state index contributed by atoms with van der Waals surface area (Å²) in [6, 6.07) is 11.6. The minimum atomic E-state index is -0.512. The lowest BCUT2D eigenvalue weighted by molar-refractivity contribution is 0.586. The largest absolute Gasteiger partial charge is 0.285 e. The van der Waals surface area contributed by atoms with E-state index in [1.807, 2.05) is 6.92 Å². The zero-order valence-corrected chi connectivity index (χ0v) is 16.4. The standard InChI is InChI=1S/C23H24F2N2O/c1-4-6-21-20(5-2)23(28)27(15(3)26-21)22(16-7-11-18(24)12-8-16)17-9-13-19(25)14-10-17/h7-14,22H,4-6H2,1-3H3. The Labute approximate surface area is 163 Å². The minimum Gasteiger partial charge on any atom is -0.285 e. The fraction of sp³-hybridized carbons (Fsp3) is 0.304. The molecule has 0 spiro atoms. The van der Waals surface area contributed by atoms with E-state index in [1.54, 1.807) is 35.8 Å². The highest BCUT2D eigenvalue weighted by Gasteiger charge is 2.23. The molecule has 0 bridgehead atoms. The van der Waals surface area contributed by atoms with Gasteiger partial charge in [-0.1, -0.05) is 44.5 Å². The number of hydrogen-bond donors (Lipinski definition) is 0. The number of rotatable bonds is 6. The van der Waals surface area contributed by atoms with Gasteiger partial charge in [-0.25, -0.2) is 13.8 Å². The molecule has 0 unspecified atom stereocenters. The van der Waals surface area contributed by atoms with Crippen LogP contribution in [0.4, 0.5) is 8.78 Å². The van der Waals surface area contributed by atoms with Crippen molar-refractivity contribution in [3.8, 4) is 0 Å². The van der Waals surface area contributed by atoms with Crippen LogP contribution in [-0.4, -0.2) is 9.55 Å². The van der Waals surface area contributed by atoms with Crippen LogP contribution in [0.3, 0.4) is 0 Å². The Hall–Kier alpha value is -2.82. The first-order valence-electron chi connectivity index (χ1n) is 9.58. The summed E-state index contributed by atoms with van der Waals surface area (Å²) in [6.07, 6.45) is 2.24. The molecule has 0 aliphatic rings. The van der Waals surface area contributed by atoms with Crippen LogP contribution in [0.5, 0.6) is 0 Å². The van der Waals surface area contributed by atoms with Crippen molar-refractivity contribution in [2.75, 3.05) is 0 Å². The van der Waals surface area contributed by atoms with Crippen LogP contribution < -0.4 is 5.56 Å². The molecule has 0 radical (unpaired) electrons. The molecule has 0 amide bonds. The maximum absolute atomic E-state index is 13.5. The highest BCUT2D eigenvalue weighted by molar-refractivity contribution is 5.35. The average molecular weight is 382 g/mol. The van der Waals surface area contributed by atoms with Crippen molar-refractivity contribution in [2.24, 2.45) is 0 Å². The van der Waals surface area contributed by atoms with Gasteiger partial charge in [0.1, 0.15) is 17.5 Å². The molecule has 0 saturated heterocycles. The van der Waals surface area contributed by atoms with E-state index >= 15 is 0 Å². The van der Waals surface area contributed by atoms with Gasteiger partial charge >= 0.3 is 0 Å². The van der Waals surface area contributed by atoms with Gasteiger partial charge in [0.2, 0.25) is 0 Å². The van der Waals surface area contributed by atoms with E-state index in [0.29, 0.717) is 17.8 Å². The Kier molecular flexibility index (Phi) is 6.02. The molecule has 2 aromatic carbocycles. The topological polar surface area (TPSA) is 34.9 Å². The molecule has 0 aliphatic carbocycles. The van der Waals surface area contributed by atoms with Crippen LogP contribution >= 0.6 is 0 Å². The third-order valence-corrected chi connectivity index (χ3v) is 4.94. The van der Waals surface area contributed by atoms with E-state index in [4.69, 9.17) is 4.98 Å². The first kappa shape index (κ1) is 19.9. The van der Waals surface area contributed by atoms with Gasteiger partial charge in [0, 0.05) is 5.56 Å². The molecule has 0 atom stereocenters. The SMILES string of the molecule is CCCc1nc(C)n(C(c2ccc(F)cc2)c2ccc(F)cc2)c(=O)c1CC. The van der Waals surface area contributed by atoms with Crippen molar-refractivity contribution in [1.82, 2.24) is 9.55 Å². The van der Waals surface area contributed by atoms with Gasteiger partial charge in [-0.2, -0.15) is 0 Å². The molecular formula is C23H24F2N2O. The number of hydrogen-bond acceptors (Lipinski definition) is 2. The third kappa shape index (κ3) is 3.88. The zero-order chi connectivity index (χ0) is 20.3. The summed E-state index contributed by atoms with van der Waals surface area (Å²) < 4.78 is 28.6. The second-order valence-electron chi connectivity index (χ2n) is 6.87. The Bertz CT molecular complexity index is 963. The second-order valence-corrected chi connectivity index (χ2v) is 6.87. The van der Waals surface area contributed by atoms with Crippen LogP contribution in [0.25, 0.3) is 0 Å². The Morgan fingerprint density at radius 2 is 1.43 bits per heavy atom. The van der Waals surface area contributed by atoms with Gasteiger partial charge in [0.05, 0.1) is 11.7 Å². The lowest BCUT2D eigenvalue weighted by atomic mass is 9.97. The predicted octanol–water partition coefficient (Wildman–Crippen LogP) is 4.98. The van der Waals surface area contributed by atoms with E-state index < -0.39 is 6.04 Å². The molecule has 5 heteroatoms. The number of aryl methyl sites for hydroxylation is 2. The molecule has 0 aliphatic heterocycles. The van der Waals surface area contributed by atoms with Gasteiger partial charge in [-0.05, 0) is 55.2 Å². The van der Waals surface area contributed by atoms with Gasteiger partial charge in [0.15, 0.2) is 0 Å². The van der Waals surface area contributed by atoms with E-state index in [2.05, 4.69) is 6.92 Å². The monoisotopic (exact) mass is 382 g/mol. The maximum Gasteiger partial charge on any atom is 0.257 e. The molecule has 3 rings (SSSR count). The molecule has 1 aromatic heterocycles. The van der Waals surface area contributed by atoms with Gasteiger partial charge in [-0.15, -0.1) is 0 Å². The summed E-state index contributed by atoms with van der Waals surface area (Å²) >= 11 is 0. The Balaban J connectivity index is 2.27. The fourth-order valence-electron chi connectivity index (χ4n) is 3.62. The van der Waals surface area contributed by atoms with Crippen molar-refractivity contribution in [1.29, 1.82) is 0 Å². The van der Waals surface area contributed by atoms with Crippen LogP contribution in [0.15, 0.2) is 53.3 Å². The quantitative estimate of drug-likeness (QED) is 0.602. The summed E-state index contributed by atoms with van der Waals surface area (Å²) in [6.45, 7) is 5.81. The van der Waals surface area contributed by atoms with Crippen molar-refractivity contribution in [3.05, 3.63) is 98.7 Å². The summed E-state index contributed by atoms with van der Waals surface area (Å²) in [5.74, 6) is -0.114. The first-order valence-corrected chi connectivity index (χ1v) is 9.58. The third-order valence-electron chi connectivity index (χ3n) is 4.94. The molecule has 0 saturated carbocycles. The van der Waals surface area contributed by atoms with Gasteiger partial charge in [0.25, 0.3) is 5.56 Å². The van der Waals surface area contributed by atoms with E-state index in [1.165, 1.54) is 24.3 Å². The summed E-state index contributed by atoms with van der Waals surface area (Å²) in [5, 5.41) is 0. The maximum atomic E-state index is 13.5. The highest BCUT2D eigenvalue weighted by atomic mass is 19.1. The summed E-state index contributed by atoms with van der Waals surface area (Å²) in [7, 11) is 0. The zero-order valence-electron chi connectivity index (χ0n) is 16.4. The lowest BCUT2D eigenvalue weighted by Crippen LogP contribution is -2.33. The molecule has 0 N–H and O–H groups in total. The smallest absolute Gasteiger partial charge is 0.257 e. The molecule has 3 nitrogen and oxygen atoms in total. The van der Waals surface area contributed by atoms with Crippen molar-refractivity contribution < 1.29 is 8.78 Å². The minimum absolute atomic E-state index is 0.0999. The fourth-order valence-corrected chi connectivity index (χ4v) is 3.62. The molecule has 28 heavy (non-hydrogen) atoms. The van der Waals surface area contributed by atoms with Crippen molar-refractivity contribution in [3.63, 3.8) is 0 Å². The number of benzene rings is 2. The molecule has 3 aromatic rings. The number of aromatic nitrogens is 2. The Morgan fingerprint density at radius 1 is 0.929 bits per heavy atom. The summed E-state index contributed by atoms with van der Waals surface area (Å²) in [5.41, 5.74) is 2.91. The van der Waals surface area contributed by atoms with E-state index in [-0.39, 0.29) is 17.2 Å². The predicted molar refractivity (Wildman–Crippen MR) is 107 cm³/mol. The average Bonchev–Trinajstić information content (AvgIpc) is 2.67. The van der Waals surface area contributed by atoms with Gasteiger partial charge < -0.3 is 0 Å². The van der Waals surface area contributed by atoms with Crippen LogP contribution in [0.1, 0.15) is 54.5 Å². The second kappa shape index (κ2) is 8.46. The van der Waals surface area contributed by atoms with Crippen LogP contribution in [0.2, 0.25) is 0 Å².